The lowest BCUT2D eigenvalue weighted by Crippen LogP contribution is -2.29. The van der Waals surface area contributed by atoms with E-state index in [9.17, 15) is 9.59 Å². The van der Waals surface area contributed by atoms with Gasteiger partial charge in [-0.2, -0.15) is 0 Å². The summed E-state index contributed by atoms with van der Waals surface area (Å²) in [6.07, 6.45) is 7.08. The van der Waals surface area contributed by atoms with E-state index in [0.717, 1.165) is 12.0 Å². The minimum absolute atomic E-state index is 0.189. The van der Waals surface area contributed by atoms with E-state index in [-0.39, 0.29) is 11.8 Å². The van der Waals surface area contributed by atoms with Crippen LogP contribution in [0.4, 0.5) is 5.69 Å². The first kappa shape index (κ1) is 20.0. The number of hydrogen-bond acceptors (Lipinski definition) is 5. The van der Waals surface area contributed by atoms with Crippen LogP contribution in [0.1, 0.15) is 26.3 Å². The first-order chi connectivity index (χ1) is 14.1. The average molecular weight is 390 g/mol. The van der Waals surface area contributed by atoms with Crippen molar-refractivity contribution in [2.75, 3.05) is 26.0 Å². The third-order valence-corrected chi connectivity index (χ3v) is 4.43. The van der Waals surface area contributed by atoms with Crippen molar-refractivity contribution < 1.29 is 14.3 Å². The van der Waals surface area contributed by atoms with Crippen molar-refractivity contribution in [2.45, 2.75) is 6.42 Å². The number of methoxy groups -OCH3 is 1. The van der Waals surface area contributed by atoms with Gasteiger partial charge < -0.3 is 15.0 Å². The van der Waals surface area contributed by atoms with Gasteiger partial charge >= 0.3 is 0 Å². The summed E-state index contributed by atoms with van der Waals surface area (Å²) in [6.45, 7) is 0.547. The summed E-state index contributed by atoms with van der Waals surface area (Å²) in [6, 6.07) is 12.4. The monoisotopic (exact) mass is 390 g/mol. The van der Waals surface area contributed by atoms with Crippen LogP contribution in [0.3, 0.4) is 0 Å². The van der Waals surface area contributed by atoms with E-state index in [1.807, 2.05) is 12.1 Å². The molecule has 0 saturated carbocycles. The number of ether oxygens (including phenoxy) is 1. The molecule has 0 aliphatic heterocycles. The van der Waals surface area contributed by atoms with Gasteiger partial charge in [-0.15, -0.1) is 0 Å². The standard InChI is InChI=1S/C22H22N4O3/c1-26(12-9-16-7-10-23-11-8-16)22(28)18-13-17(14-24-15-18)21(27)25-19-3-5-20(29-2)6-4-19/h3-8,10-11,13-15H,9,12H2,1-2H3,(H,25,27). The zero-order chi connectivity index (χ0) is 20.6. The summed E-state index contributed by atoms with van der Waals surface area (Å²) in [4.78, 5) is 34.9. The summed E-state index contributed by atoms with van der Waals surface area (Å²) < 4.78 is 5.10. The quantitative estimate of drug-likeness (QED) is 0.670. The molecule has 148 valence electrons. The molecule has 29 heavy (non-hydrogen) atoms. The number of carbonyl (C=O) groups excluding carboxylic acids is 2. The molecule has 1 aromatic carbocycles. The molecular formula is C22H22N4O3. The molecular weight excluding hydrogens is 368 g/mol. The number of aromatic nitrogens is 2. The molecule has 2 heterocycles. The number of carbonyl (C=O) groups is 2. The third-order valence-electron chi connectivity index (χ3n) is 4.43. The van der Waals surface area contributed by atoms with Crippen molar-refractivity contribution in [3.63, 3.8) is 0 Å². The Morgan fingerprint density at radius 3 is 2.38 bits per heavy atom. The molecule has 0 bridgehead atoms. The highest BCUT2D eigenvalue weighted by molar-refractivity contribution is 6.05. The lowest BCUT2D eigenvalue weighted by Gasteiger charge is -2.17. The van der Waals surface area contributed by atoms with Crippen LogP contribution in [0.25, 0.3) is 0 Å². The topological polar surface area (TPSA) is 84.4 Å². The molecule has 3 aromatic rings. The Bertz CT molecular complexity index is 975. The molecule has 2 amide bonds. The lowest BCUT2D eigenvalue weighted by atomic mass is 10.1. The summed E-state index contributed by atoms with van der Waals surface area (Å²) in [5.74, 6) is 0.175. The first-order valence-electron chi connectivity index (χ1n) is 9.11. The van der Waals surface area contributed by atoms with Gasteiger partial charge in [-0.05, 0) is 54.4 Å². The summed E-state index contributed by atoms with van der Waals surface area (Å²) >= 11 is 0. The van der Waals surface area contributed by atoms with Crippen LogP contribution in [-0.4, -0.2) is 47.4 Å². The predicted molar refractivity (Wildman–Crippen MR) is 110 cm³/mol. The summed E-state index contributed by atoms with van der Waals surface area (Å²) in [5.41, 5.74) is 2.41. The highest BCUT2D eigenvalue weighted by Crippen LogP contribution is 2.16. The molecule has 3 rings (SSSR count). The summed E-state index contributed by atoms with van der Waals surface area (Å²) in [5, 5.41) is 2.79. The van der Waals surface area contributed by atoms with Gasteiger partial charge in [-0.3, -0.25) is 19.6 Å². The second-order valence-electron chi connectivity index (χ2n) is 6.48. The van der Waals surface area contributed by atoms with Crippen LogP contribution in [0.5, 0.6) is 5.75 Å². The van der Waals surface area contributed by atoms with Crippen LogP contribution in [-0.2, 0) is 6.42 Å². The van der Waals surface area contributed by atoms with E-state index < -0.39 is 0 Å². The summed E-state index contributed by atoms with van der Waals surface area (Å²) in [7, 11) is 3.31. The van der Waals surface area contributed by atoms with Gasteiger partial charge in [-0.1, -0.05) is 0 Å². The Hall–Kier alpha value is -3.74. The van der Waals surface area contributed by atoms with Crippen molar-refractivity contribution in [3.05, 3.63) is 83.9 Å². The average Bonchev–Trinajstić information content (AvgIpc) is 2.78. The van der Waals surface area contributed by atoms with Crippen LogP contribution in [0.15, 0.2) is 67.3 Å². The number of amides is 2. The highest BCUT2D eigenvalue weighted by Gasteiger charge is 2.15. The lowest BCUT2D eigenvalue weighted by molar-refractivity contribution is 0.0796. The maximum absolute atomic E-state index is 12.7. The van der Waals surface area contributed by atoms with Crippen molar-refractivity contribution in [2.24, 2.45) is 0 Å². The van der Waals surface area contributed by atoms with Crippen molar-refractivity contribution in [3.8, 4) is 5.75 Å². The van der Waals surface area contributed by atoms with E-state index in [4.69, 9.17) is 4.74 Å². The van der Waals surface area contributed by atoms with Crippen LogP contribution in [0, 0.1) is 0 Å². The normalized spacial score (nSPS) is 10.3. The van der Waals surface area contributed by atoms with Crippen LogP contribution in [0.2, 0.25) is 0 Å². The Labute approximate surface area is 169 Å². The van der Waals surface area contributed by atoms with E-state index in [1.165, 1.54) is 12.4 Å². The molecule has 0 aliphatic carbocycles. The zero-order valence-electron chi connectivity index (χ0n) is 16.3. The maximum Gasteiger partial charge on any atom is 0.257 e. The molecule has 0 atom stereocenters. The molecule has 0 aliphatic rings. The SMILES string of the molecule is COc1ccc(NC(=O)c2cncc(C(=O)N(C)CCc3ccncc3)c2)cc1. The zero-order valence-corrected chi connectivity index (χ0v) is 16.3. The fourth-order valence-electron chi connectivity index (χ4n) is 2.73. The molecule has 0 spiro atoms. The Balaban J connectivity index is 1.64. The Kier molecular flexibility index (Phi) is 6.52. The van der Waals surface area contributed by atoms with E-state index in [0.29, 0.717) is 29.1 Å². The van der Waals surface area contributed by atoms with Gasteiger partial charge in [-0.25, -0.2) is 0 Å². The fraction of sp³-hybridized carbons (Fsp3) is 0.182. The molecule has 7 heteroatoms. The maximum atomic E-state index is 12.7. The van der Waals surface area contributed by atoms with Crippen molar-refractivity contribution in [1.82, 2.24) is 14.9 Å². The molecule has 0 unspecified atom stereocenters. The minimum atomic E-state index is -0.336. The first-order valence-corrected chi connectivity index (χ1v) is 9.11. The van der Waals surface area contributed by atoms with Crippen molar-refractivity contribution in [1.29, 1.82) is 0 Å². The number of benzene rings is 1. The number of pyridine rings is 2. The van der Waals surface area contributed by atoms with Gasteiger partial charge in [0.15, 0.2) is 0 Å². The number of anilines is 1. The number of nitrogens with zero attached hydrogens (tertiary/aromatic N) is 3. The number of nitrogens with one attached hydrogen (secondary N) is 1. The largest absolute Gasteiger partial charge is 0.497 e. The molecule has 0 radical (unpaired) electrons. The second kappa shape index (κ2) is 9.45. The van der Waals surface area contributed by atoms with Gasteiger partial charge in [0.05, 0.1) is 18.2 Å². The number of likely N-dealkylation sites (N-methyl/N-ethyl adjacent to an activating group) is 1. The van der Waals surface area contributed by atoms with Gasteiger partial charge in [0.1, 0.15) is 5.75 Å². The highest BCUT2D eigenvalue weighted by atomic mass is 16.5. The smallest absolute Gasteiger partial charge is 0.257 e. The number of rotatable bonds is 7. The third kappa shape index (κ3) is 5.38. The van der Waals surface area contributed by atoms with E-state index >= 15 is 0 Å². The molecule has 0 fully saturated rings. The predicted octanol–water partition coefficient (Wildman–Crippen LogP) is 3.05. The molecule has 1 N–H and O–H groups in total. The van der Waals surface area contributed by atoms with E-state index in [2.05, 4.69) is 15.3 Å². The fourth-order valence-corrected chi connectivity index (χ4v) is 2.73. The van der Waals surface area contributed by atoms with Gasteiger partial charge in [0.25, 0.3) is 11.8 Å². The Morgan fingerprint density at radius 1 is 1.00 bits per heavy atom. The minimum Gasteiger partial charge on any atom is -0.497 e. The second-order valence-corrected chi connectivity index (χ2v) is 6.48. The molecule has 7 nitrogen and oxygen atoms in total. The van der Waals surface area contributed by atoms with Crippen LogP contribution < -0.4 is 10.1 Å². The molecule has 0 saturated heterocycles. The van der Waals surface area contributed by atoms with Crippen molar-refractivity contribution >= 4 is 17.5 Å². The van der Waals surface area contributed by atoms with Crippen LogP contribution >= 0.6 is 0 Å². The van der Waals surface area contributed by atoms with Gasteiger partial charge in [0, 0.05) is 44.1 Å². The number of hydrogen-bond donors (Lipinski definition) is 1. The molecule has 2 aromatic heterocycles. The Morgan fingerprint density at radius 2 is 1.69 bits per heavy atom. The van der Waals surface area contributed by atoms with E-state index in [1.54, 1.807) is 61.8 Å². The van der Waals surface area contributed by atoms with Gasteiger partial charge in [0.2, 0.25) is 0 Å².